The minimum atomic E-state index is 0.0183. The van der Waals surface area contributed by atoms with Crippen LogP contribution in [0, 0.1) is 5.41 Å². The average molecular weight is 453 g/mol. The van der Waals surface area contributed by atoms with Crippen molar-refractivity contribution in [3.8, 4) is 23.1 Å². The maximum Gasteiger partial charge on any atom is 0.247 e. The fourth-order valence-electron chi connectivity index (χ4n) is 5.10. The molecular formula is C27H24N4O3. The fourth-order valence-corrected chi connectivity index (χ4v) is 5.10. The lowest BCUT2D eigenvalue weighted by molar-refractivity contribution is -0.148. The van der Waals surface area contributed by atoms with Crippen LogP contribution in [0.5, 0.6) is 23.1 Å². The molecule has 7 heteroatoms. The fraction of sp³-hybridized carbons (Fsp3) is 0.222. The van der Waals surface area contributed by atoms with Gasteiger partial charge in [-0.1, -0.05) is 24.8 Å². The van der Waals surface area contributed by atoms with Gasteiger partial charge in [-0.25, -0.2) is 4.98 Å². The minimum absolute atomic E-state index is 0.0183. The van der Waals surface area contributed by atoms with Crippen molar-refractivity contribution in [2.24, 2.45) is 5.41 Å². The summed E-state index contributed by atoms with van der Waals surface area (Å²) in [5, 5.41) is 0. The summed E-state index contributed by atoms with van der Waals surface area (Å²) < 4.78 is 14.3. The normalized spacial score (nSPS) is 16.6. The molecule has 0 unspecified atom stereocenters. The molecular weight excluding hydrogens is 428 g/mol. The molecule has 2 aromatic carbocycles. The van der Waals surface area contributed by atoms with Crippen molar-refractivity contribution in [3.63, 3.8) is 0 Å². The van der Waals surface area contributed by atoms with Gasteiger partial charge in [-0.3, -0.25) is 4.79 Å². The van der Waals surface area contributed by atoms with Gasteiger partial charge in [-0.15, -0.1) is 0 Å². The first kappa shape index (κ1) is 20.5. The number of nitrogens with zero attached hydrogens (tertiary/aromatic N) is 4. The first-order valence-corrected chi connectivity index (χ1v) is 11.4. The number of para-hydroxylation sites is 1. The molecule has 1 amide bonds. The Morgan fingerprint density at radius 2 is 1.62 bits per heavy atom. The van der Waals surface area contributed by atoms with E-state index in [1.165, 1.54) is 12.4 Å². The molecule has 0 N–H and O–H groups in total. The Morgan fingerprint density at radius 3 is 2.32 bits per heavy atom. The number of hydrogen-bond donors (Lipinski definition) is 0. The third-order valence-corrected chi connectivity index (χ3v) is 6.75. The number of rotatable bonds is 6. The molecule has 2 fully saturated rings. The predicted octanol–water partition coefficient (Wildman–Crippen LogP) is 5.37. The monoisotopic (exact) mass is 452 g/mol. The zero-order chi connectivity index (χ0) is 23.1. The van der Waals surface area contributed by atoms with Gasteiger partial charge in [0.2, 0.25) is 11.8 Å². The van der Waals surface area contributed by atoms with Gasteiger partial charge < -0.3 is 18.9 Å². The second kappa shape index (κ2) is 8.02. The zero-order valence-corrected chi connectivity index (χ0v) is 18.6. The first-order valence-electron chi connectivity index (χ1n) is 11.4. The van der Waals surface area contributed by atoms with Crippen LogP contribution in [0.2, 0.25) is 0 Å². The van der Waals surface area contributed by atoms with Crippen molar-refractivity contribution >= 4 is 16.9 Å². The number of likely N-dealkylation sites (tertiary alicyclic amines) is 1. The number of amides is 1. The summed E-state index contributed by atoms with van der Waals surface area (Å²) >= 11 is 0. The summed E-state index contributed by atoms with van der Waals surface area (Å²) in [4.78, 5) is 22.5. The lowest BCUT2D eigenvalue weighted by atomic mass is 9.60. The largest absolute Gasteiger partial charge is 0.457 e. The van der Waals surface area contributed by atoms with Gasteiger partial charge in [-0.2, -0.15) is 4.98 Å². The van der Waals surface area contributed by atoms with Gasteiger partial charge in [0.1, 0.15) is 29.1 Å². The Bertz CT molecular complexity index is 1350. The minimum Gasteiger partial charge on any atom is -0.457 e. The number of ether oxygens (including phenoxy) is 2. The molecule has 1 aliphatic heterocycles. The molecule has 1 saturated heterocycles. The molecule has 170 valence electrons. The molecule has 7 nitrogen and oxygen atoms in total. The van der Waals surface area contributed by atoms with Gasteiger partial charge in [-0.05, 0) is 61.4 Å². The van der Waals surface area contributed by atoms with E-state index in [4.69, 9.17) is 9.47 Å². The van der Waals surface area contributed by atoms with Crippen LogP contribution in [-0.2, 0) is 4.79 Å². The zero-order valence-electron chi connectivity index (χ0n) is 18.6. The van der Waals surface area contributed by atoms with Crippen LogP contribution in [0.1, 0.15) is 18.9 Å². The van der Waals surface area contributed by atoms with E-state index in [2.05, 4.69) is 27.3 Å². The molecule has 6 rings (SSSR count). The number of aromatic nitrogens is 3. The Hall–Kier alpha value is -4.13. The van der Waals surface area contributed by atoms with E-state index in [9.17, 15) is 4.79 Å². The highest BCUT2D eigenvalue weighted by Gasteiger charge is 2.54. The Balaban J connectivity index is 1.18. The molecule has 1 aliphatic carbocycles. The number of carbonyl (C=O) groups is 1. The summed E-state index contributed by atoms with van der Waals surface area (Å²) in [5.74, 6) is 2.75. The highest BCUT2D eigenvalue weighted by Crippen LogP contribution is 2.55. The van der Waals surface area contributed by atoms with Crippen molar-refractivity contribution in [3.05, 3.63) is 85.8 Å². The quantitative estimate of drug-likeness (QED) is 0.368. The summed E-state index contributed by atoms with van der Waals surface area (Å²) in [6.07, 6.45) is 7.03. The topological polar surface area (TPSA) is 69.5 Å². The van der Waals surface area contributed by atoms with Gasteiger partial charge in [0.25, 0.3) is 0 Å². The van der Waals surface area contributed by atoms with E-state index in [0.29, 0.717) is 17.7 Å². The third kappa shape index (κ3) is 3.59. The van der Waals surface area contributed by atoms with Gasteiger partial charge >= 0.3 is 0 Å². The summed E-state index contributed by atoms with van der Waals surface area (Å²) in [7, 11) is 0. The standard InChI is InChI=1S/C27H24N4O3/c1-2-24(32)30-16-27(17-30)14-19(15-27)31-13-12-23-25(31)26(29-18-28-23)34-22-10-8-21(9-11-22)33-20-6-4-3-5-7-20/h2-13,18-19H,1,14-17H2. The van der Waals surface area contributed by atoms with Crippen molar-refractivity contribution in [2.45, 2.75) is 18.9 Å². The molecule has 1 saturated carbocycles. The van der Waals surface area contributed by atoms with E-state index < -0.39 is 0 Å². The van der Waals surface area contributed by atoms with Crippen LogP contribution in [-0.4, -0.2) is 38.4 Å². The molecule has 2 aliphatic rings. The van der Waals surface area contributed by atoms with Crippen LogP contribution >= 0.6 is 0 Å². The molecule has 2 aromatic heterocycles. The molecule has 0 atom stereocenters. The Kier molecular flexibility index (Phi) is 4.83. The average Bonchev–Trinajstić information content (AvgIpc) is 3.24. The maximum atomic E-state index is 11.8. The number of carbonyl (C=O) groups excluding carboxylic acids is 1. The lowest BCUT2D eigenvalue weighted by Crippen LogP contribution is -2.63. The van der Waals surface area contributed by atoms with Crippen LogP contribution in [0.4, 0.5) is 0 Å². The lowest BCUT2D eigenvalue weighted by Gasteiger charge is -2.59. The molecule has 1 spiro atoms. The first-order chi connectivity index (χ1) is 16.6. The van der Waals surface area contributed by atoms with Gasteiger partial charge in [0.05, 0.1) is 5.52 Å². The van der Waals surface area contributed by atoms with Crippen LogP contribution < -0.4 is 9.47 Å². The maximum absolute atomic E-state index is 11.8. The third-order valence-electron chi connectivity index (χ3n) is 6.75. The summed E-state index contributed by atoms with van der Waals surface area (Å²) in [6, 6.07) is 19.5. The van der Waals surface area contributed by atoms with Crippen molar-refractivity contribution < 1.29 is 14.3 Å². The highest BCUT2D eigenvalue weighted by molar-refractivity contribution is 5.87. The number of fused-ring (bicyclic) bond motifs is 1. The summed E-state index contributed by atoms with van der Waals surface area (Å²) in [6.45, 7) is 5.20. The summed E-state index contributed by atoms with van der Waals surface area (Å²) in [5.41, 5.74) is 1.97. The van der Waals surface area contributed by atoms with Crippen LogP contribution in [0.25, 0.3) is 11.0 Å². The van der Waals surface area contributed by atoms with Crippen molar-refractivity contribution in [1.29, 1.82) is 0 Å². The second-order valence-corrected chi connectivity index (χ2v) is 9.08. The van der Waals surface area contributed by atoms with E-state index in [0.717, 1.165) is 48.5 Å². The molecule has 0 radical (unpaired) electrons. The van der Waals surface area contributed by atoms with E-state index in [-0.39, 0.29) is 11.3 Å². The molecule has 34 heavy (non-hydrogen) atoms. The van der Waals surface area contributed by atoms with Gasteiger partial charge in [0.15, 0.2) is 0 Å². The van der Waals surface area contributed by atoms with E-state index in [1.54, 1.807) is 0 Å². The smallest absolute Gasteiger partial charge is 0.247 e. The molecule has 4 aromatic rings. The molecule has 0 bridgehead atoms. The highest BCUT2D eigenvalue weighted by atomic mass is 16.5. The molecule has 3 heterocycles. The number of hydrogen-bond acceptors (Lipinski definition) is 5. The van der Waals surface area contributed by atoms with E-state index in [1.807, 2.05) is 65.6 Å². The van der Waals surface area contributed by atoms with Crippen molar-refractivity contribution in [2.75, 3.05) is 13.1 Å². The van der Waals surface area contributed by atoms with E-state index >= 15 is 0 Å². The Labute approximate surface area is 197 Å². The number of benzene rings is 2. The second-order valence-electron chi connectivity index (χ2n) is 9.08. The SMILES string of the molecule is C=CC(=O)N1CC2(CC(n3ccc4ncnc(Oc5ccc(Oc6ccccc6)cc5)c43)C2)C1. The Morgan fingerprint density at radius 1 is 0.941 bits per heavy atom. The van der Waals surface area contributed by atoms with Crippen LogP contribution in [0.15, 0.2) is 85.8 Å². The van der Waals surface area contributed by atoms with Crippen molar-refractivity contribution in [1.82, 2.24) is 19.4 Å². The van der Waals surface area contributed by atoms with Gasteiger partial charge in [0, 0.05) is 30.7 Å². The van der Waals surface area contributed by atoms with Crippen LogP contribution in [0.3, 0.4) is 0 Å². The predicted molar refractivity (Wildman–Crippen MR) is 128 cm³/mol.